The van der Waals surface area contributed by atoms with Crippen molar-refractivity contribution in [3.63, 3.8) is 0 Å². The van der Waals surface area contributed by atoms with E-state index in [2.05, 4.69) is 33.2 Å². The highest BCUT2D eigenvalue weighted by Crippen LogP contribution is 2.27. The zero-order valence-corrected chi connectivity index (χ0v) is 11.3. The molecule has 5 heteroatoms. The first kappa shape index (κ1) is 11.8. The summed E-state index contributed by atoms with van der Waals surface area (Å²) in [5.74, 6) is 0. The molecule has 0 aliphatic carbocycles. The fourth-order valence-electron chi connectivity index (χ4n) is 1.64. The predicted molar refractivity (Wildman–Crippen MR) is 68.6 cm³/mol. The van der Waals surface area contributed by atoms with Crippen molar-refractivity contribution in [2.45, 2.75) is 19.4 Å². The van der Waals surface area contributed by atoms with Crippen molar-refractivity contribution in [1.29, 1.82) is 0 Å². The van der Waals surface area contributed by atoms with Crippen LogP contribution in [0.2, 0.25) is 0 Å². The molecule has 0 spiro atoms. The van der Waals surface area contributed by atoms with Crippen molar-refractivity contribution in [2.75, 3.05) is 6.54 Å². The van der Waals surface area contributed by atoms with Gasteiger partial charge in [0.2, 0.25) is 0 Å². The van der Waals surface area contributed by atoms with Gasteiger partial charge in [0.15, 0.2) is 4.67 Å². The molecule has 0 amide bonds. The fraction of sp³-hybridized carbons (Fsp3) is 0.364. The first-order valence-corrected chi connectivity index (χ1v) is 6.82. The van der Waals surface area contributed by atoms with Crippen molar-refractivity contribution in [2.24, 2.45) is 0 Å². The lowest BCUT2D eigenvalue weighted by Crippen LogP contribution is -2.22. The lowest BCUT2D eigenvalue weighted by molar-refractivity contribution is 0.508. The van der Waals surface area contributed by atoms with Gasteiger partial charge in [-0.05, 0) is 28.5 Å². The zero-order chi connectivity index (χ0) is 11.4. The van der Waals surface area contributed by atoms with Crippen LogP contribution in [0.4, 0.5) is 0 Å². The van der Waals surface area contributed by atoms with Gasteiger partial charge < -0.3 is 9.73 Å². The zero-order valence-electron chi connectivity index (χ0n) is 8.94. The summed E-state index contributed by atoms with van der Waals surface area (Å²) in [5, 5.41) is 3.45. The Morgan fingerprint density at radius 1 is 1.62 bits per heavy atom. The Kier molecular flexibility index (Phi) is 4.15. The van der Waals surface area contributed by atoms with Gasteiger partial charge in [0.25, 0.3) is 0 Å². The summed E-state index contributed by atoms with van der Waals surface area (Å²) in [6.45, 7) is 3.04. The molecule has 2 heterocycles. The first-order chi connectivity index (χ1) is 7.81. The van der Waals surface area contributed by atoms with Gasteiger partial charge in [-0.3, -0.25) is 4.98 Å². The van der Waals surface area contributed by atoms with Crippen LogP contribution in [0.15, 0.2) is 33.1 Å². The van der Waals surface area contributed by atoms with Crippen molar-refractivity contribution < 1.29 is 4.42 Å². The summed E-state index contributed by atoms with van der Waals surface area (Å²) in [7, 11) is 0. The molecule has 1 unspecified atom stereocenters. The Balaban J connectivity index is 2.14. The maximum Gasteiger partial charge on any atom is 0.173 e. The normalized spacial score (nSPS) is 12.9. The van der Waals surface area contributed by atoms with E-state index in [4.69, 9.17) is 4.42 Å². The second-order valence-corrected chi connectivity index (χ2v) is 5.12. The molecule has 2 rings (SSSR count). The van der Waals surface area contributed by atoms with Gasteiger partial charge in [0.05, 0.1) is 11.8 Å². The largest absolute Gasteiger partial charge is 0.457 e. The van der Waals surface area contributed by atoms with Crippen LogP contribution in [0.5, 0.6) is 0 Å². The molecule has 0 radical (unpaired) electrons. The van der Waals surface area contributed by atoms with E-state index >= 15 is 0 Å². The number of furan rings is 1. The van der Waals surface area contributed by atoms with E-state index in [1.54, 1.807) is 17.6 Å². The predicted octanol–water partition coefficient (Wildman–Crippen LogP) is 3.39. The molecule has 0 saturated carbocycles. The fourth-order valence-corrected chi connectivity index (χ4v) is 2.79. The Labute approximate surface area is 107 Å². The van der Waals surface area contributed by atoms with E-state index in [1.165, 1.54) is 4.88 Å². The first-order valence-electron chi connectivity index (χ1n) is 5.15. The quantitative estimate of drug-likeness (QED) is 0.920. The van der Waals surface area contributed by atoms with Crippen LogP contribution in [0.25, 0.3) is 0 Å². The minimum Gasteiger partial charge on any atom is -0.457 e. The molecule has 0 fully saturated rings. The maximum atomic E-state index is 5.28. The summed E-state index contributed by atoms with van der Waals surface area (Å²) in [6.07, 6.45) is 4.57. The van der Waals surface area contributed by atoms with Crippen molar-refractivity contribution in [3.05, 3.63) is 39.1 Å². The van der Waals surface area contributed by atoms with Crippen LogP contribution >= 0.6 is 27.3 Å². The van der Waals surface area contributed by atoms with Crippen LogP contribution in [-0.2, 0) is 6.42 Å². The molecule has 1 atom stereocenters. The highest BCUT2D eigenvalue weighted by atomic mass is 79.9. The highest BCUT2D eigenvalue weighted by Gasteiger charge is 2.16. The number of thiazole rings is 1. The van der Waals surface area contributed by atoms with Crippen molar-refractivity contribution in [3.8, 4) is 0 Å². The topological polar surface area (TPSA) is 38.1 Å². The van der Waals surface area contributed by atoms with E-state index in [9.17, 15) is 0 Å². The number of aromatic nitrogens is 1. The SMILES string of the molecule is CCNC(Cc1cncs1)c1ccoc1Br. The van der Waals surface area contributed by atoms with Gasteiger partial charge >= 0.3 is 0 Å². The van der Waals surface area contributed by atoms with Crippen LogP contribution in [0, 0.1) is 0 Å². The number of likely N-dealkylation sites (N-methyl/N-ethyl adjacent to an activating group) is 1. The second-order valence-electron chi connectivity index (χ2n) is 3.43. The second kappa shape index (κ2) is 5.61. The van der Waals surface area contributed by atoms with Gasteiger partial charge in [-0.1, -0.05) is 6.92 Å². The third-order valence-corrected chi connectivity index (χ3v) is 3.81. The van der Waals surface area contributed by atoms with Crippen LogP contribution in [-0.4, -0.2) is 11.5 Å². The molecular weight excluding hydrogens is 288 g/mol. The molecule has 0 bridgehead atoms. The average molecular weight is 301 g/mol. The third kappa shape index (κ3) is 2.72. The van der Waals surface area contributed by atoms with E-state index in [0.29, 0.717) is 0 Å². The number of nitrogens with zero attached hydrogens (tertiary/aromatic N) is 1. The van der Waals surface area contributed by atoms with Gasteiger partial charge in [0, 0.05) is 29.1 Å². The molecule has 16 heavy (non-hydrogen) atoms. The van der Waals surface area contributed by atoms with Crippen LogP contribution in [0.3, 0.4) is 0 Å². The molecular formula is C11H13BrN2OS. The average Bonchev–Trinajstić information content (AvgIpc) is 2.88. The monoisotopic (exact) mass is 300 g/mol. The minimum atomic E-state index is 0.276. The number of hydrogen-bond donors (Lipinski definition) is 1. The lowest BCUT2D eigenvalue weighted by atomic mass is 10.1. The summed E-state index contributed by atoms with van der Waals surface area (Å²) in [6, 6.07) is 2.27. The Bertz CT molecular complexity index is 427. The van der Waals surface area contributed by atoms with Crippen LogP contribution < -0.4 is 5.32 Å². The molecule has 0 aliphatic heterocycles. The molecule has 0 saturated heterocycles. The molecule has 0 aromatic carbocycles. The maximum absolute atomic E-state index is 5.28. The molecule has 86 valence electrons. The van der Waals surface area contributed by atoms with E-state index in [1.807, 2.05) is 17.8 Å². The smallest absolute Gasteiger partial charge is 0.173 e. The highest BCUT2D eigenvalue weighted by molar-refractivity contribution is 9.10. The number of hydrogen-bond acceptors (Lipinski definition) is 4. The van der Waals surface area contributed by atoms with Gasteiger partial charge in [-0.2, -0.15) is 0 Å². The number of nitrogens with one attached hydrogen (secondary N) is 1. The summed E-state index contributed by atoms with van der Waals surface area (Å²) >= 11 is 5.11. The Morgan fingerprint density at radius 3 is 3.06 bits per heavy atom. The molecule has 2 aromatic rings. The summed E-state index contributed by atoms with van der Waals surface area (Å²) in [4.78, 5) is 5.37. The molecule has 2 aromatic heterocycles. The van der Waals surface area contributed by atoms with E-state index < -0.39 is 0 Å². The molecule has 1 N–H and O–H groups in total. The van der Waals surface area contributed by atoms with E-state index in [-0.39, 0.29) is 6.04 Å². The van der Waals surface area contributed by atoms with Gasteiger partial charge in [-0.25, -0.2) is 0 Å². The van der Waals surface area contributed by atoms with Gasteiger partial charge in [0.1, 0.15) is 0 Å². The molecule has 0 aliphatic rings. The van der Waals surface area contributed by atoms with Crippen molar-refractivity contribution in [1.82, 2.24) is 10.3 Å². The van der Waals surface area contributed by atoms with Crippen LogP contribution in [0.1, 0.15) is 23.4 Å². The third-order valence-electron chi connectivity index (χ3n) is 2.36. The van der Waals surface area contributed by atoms with E-state index in [0.717, 1.165) is 23.2 Å². The van der Waals surface area contributed by atoms with Crippen molar-refractivity contribution >= 4 is 27.3 Å². The minimum absolute atomic E-state index is 0.276. The summed E-state index contributed by atoms with van der Waals surface area (Å²) < 4.78 is 6.08. The lowest BCUT2D eigenvalue weighted by Gasteiger charge is -2.15. The number of rotatable bonds is 5. The number of halogens is 1. The Hall–Kier alpha value is -0.650. The summed E-state index contributed by atoms with van der Waals surface area (Å²) in [5.41, 5.74) is 3.03. The standard InChI is InChI=1S/C11H13BrN2OS/c1-2-14-10(5-8-6-13-7-16-8)9-3-4-15-11(9)12/h3-4,6-7,10,14H,2,5H2,1H3. The molecule has 3 nitrogen and oxygen atoms in total. The Morgan fingerprint density at radius 2 is 2.50 bits per heavy atom. The van der Waals surface area contributed by atoms with Gasteiger partial charge in [-0.15, -0.1) is 11.3 Å².